The average molecular weight is 237 g/mol. The Hall–Kier alpha value is -2.24. The fourth-order valence-electron chi connectivity index (χ4n) is 1.32. The molecule has 1 N–H and O–H groups in total. The maximum absolute atomic E-state index is 13.2. The molecule has 0 aliphatic carbocycles. The number of nitrogens with zero attached hydrogens (tertiary/aromatic N) is 2. The fraction of sp³-hybridized carbons (Fsp3) is 0.0909. The summed E-state index contributed by atoms with van der Waals surface area (Å²) >= 11 is 0. The normalized spacial score (nSPS) is 10.2. The van der Waals surface area contributed by atoms with E-state index in [2.05, 4.69) is 10.3 Å². The number of amides is 1. The zero-order valence-corrected chi connectivity index (χ0v) is 8.73. The van der Waals surface area contributed by atoms with Gasteiger partial charge < -0.3 is 5.32 Å². The number of benzene rings is 1. The highest BCUT2D eigenvalue weighted by molar-refractivity contribution is 5.76. The first kappa shape index (κ1) is 11.3. The van der Waals surface area contributed by atoms with Gasteiger partial charge in [-0.15, -0.1) is 0 Å². The Bertz CT molecular complexity index is 526. The molecule has 0 saturated heterocycles. The zero-order chi connectivity index (χ0) is 12.3. The van der Waals surface area contributed by atoms with Crippen molar-refractivity contribution in [2.24, 2.45) is 0 Å². The first-order valence-electron chi connectivity index (χ1n) is 4.87. The van der Waals surface area contributed by atoms with Crippen LogP contribution in [0.15, 0.2) is 36.9 Å². The van der Waals surface area contributed by atoms with Crippen LogP contribution in [0.5, 0.6) is 0 Å². The van der Waals surface area contributed by atoms with Gasteiger partial charge in [0.2, 0.25) is 0 Å². The van der Waals surface area contributed by atoms with Crippen molar-refractivity contribution in [3.8, 4) is 0 Å². The lowest BCUT2D eigenvalue weighted by molar-refractivity contribution is 0.242. The van der Waals surface area contributed by atoms with E-state index in [9.17, 15) is 13.6 Å². The van der Waals surface area contributed by atoms with Crippen LogP contribution in [0.25, 0.3) is 0 Å². The van der Waals surface area contributed by atoms with Crippen LogP contribution in [0, 0.1) is 11.6 Å². The second-order valence-electron chi connectivity index (χ2n) is 3.36. The van der Waals surface area contributed by atoms with E-state index in [0.717, 1.165) is 18.2 Å². The molecule has 2 aromatic rings. The van der Waals surface area contributed by atoms with Crippen LogP contribution >= 0.6 is 0 Å². The molecule has 17 heavy (non-hydrogen) atoms. The minimum Gasteiger partial charge on any atom is -0.333 e. The third-order valence-corrected chi connectivity index (χ3v) is 2.18. The monoisotopic (exact) mass is 237 g/mol. The van der Waals surface area contributed by atoms with Gasteiger partial charge in [0.15, 0.2) is 0 Å². The fourth-order valence-corrected chi connectivity index (χ4v) is 1.32. The van der Waals surface area contributed by atoms with Crippen molar-refractivity contribution in [1.82, 2.24) is 14.9 Å². The first-order valence-corrected chi connectivity index (χ1v) is 4.87. The van der Waals surface area contributed by atoms with Crippen LogP contribution in [0.2, 0.25) is 0 Å². The molecule has 1 heterocycles. The van der Waals surface area contributed by atoms with Crippen LogP contribution in [0.3, 0.4) is 0 Å². The molecular formula is C11H9F2N3O. The molecule has 88 valence electrons. The molecule has 1 aromatic heterocycles. The average Bonchev–Trinajstić information content (AvgIpc) is 2.83. The SMILES string of the molecule is O=C(NCc1cc(F)ccc1F)n1ccnc1. The number of aromatic nitrogens is 2. The molecular weight excluding hydrogens is 228 g/mol. The molecule has 0 bridgehead atoms. The summed E-state index contributed by atoms with van der Waals surface area (Å²) in [5.41, 5.74) is 0.0958. The Kier molecular flexibility index (Phi) is 3.13. The van der Waals surface area contributed by atoms with Crippen LogP contribution in [-0.4, -0.2) is 15.6 Å². The Morgan fingerprint density at radius 3 is 2.94 bits per heavy atom. The number of halogens is 2. The van der Waals surface area contributed by atoms with E-state index in [1.807, 2.05) is 0 Å². The van der Waals surface area contributed by atoms with Gasteiger partial charge in [-0.1, -0.05) is 0 Å². The Balaban J connectivity index is 2.03. The van der Waals surface area contributed by atoms with Gasteiger partial charge in [0, 0.05) is 24.5 Å². The van der Waals surface area contributed by atoms with Gasteiger partial charge in [-0.05, 0) is 18.2 Å². The highest BCUT2D eigenvalue weighted by atomic mass is 19.1. The van der Waals surface area contributed by atoms with E-state index in [4.69, 9.17) is 0 Å². The predicted octanol–water partition coefficient (Wildman–Crippen LogP) is 1.92. The lowest BCUT2D eigenvalue weighted by Crippen LogP contribution is -2.27. The highest BCUT2D eigenvalue weighted by Crippen LogP contribution is 2.09. The molecule has 0 radical (unpaired) electrons. The van der Waals surface area contributed by atoms with Crippen LogP contribution in [0.4, 0.5) is 13.6 Å². The third kappa shape index (κ3) is 2.66. The molecule has 6 heteroatoms. The molecule has 1 amide bonds. The Morgan fingerprint density at radius 2 is 2.24 bits per heavy atom. The van der Waals surface area contributed by atoms with Crippen molar-refractivity contribution in [1.29, 1.82) is 0 Å². The molecule has 0 aliphatic rings. The molecule has 0 spiro atoms. The third-order valence-electron chi connectivity index (χ3n) is 2.18. The molecule has 0 atom stereocenters. The summed E-state index contributed by atoms with van der Waals surface area (Å²) in [6.07, 6.45) is 4.22. The van der Waals surface area contributed by atoms with Gasteiger partial charge >= 0.3 is 6.03 Å². The maximum Gasteiger partial charge on any atom is 0.327 e. The van der Waals surface area contributed by atoms with Crippen molar-refractivity contribution in [3.05, 3.63) is 54.1 Å². The summed E-state index contributed by atoms with van der Waals surface area (Å²) in [6, 6.07) is 2.64. The van der Waals surface area contributed by atoms with Gasteiger partial charge in [-0.2, -0.15) is 0 Å². The minimum absolute atomic E-state index is 0.0827. The minimum atomic E-state index is -0.558. The number of rotatable bonds is 2. The van der Waals surface area contributed by atoms with Crippen LogP contribution < -0.4 is 5.32 Å². The lowest BCUT2D eigenvalue weighted by Gasteiger charge is -2.06. The Morgan fingerprint density at radius 1 is 1.41 bits per heavy atom. The molecule has 0 saturated carbocycles. The van der Waals surface area contributed by atoms with E-state index in [-0.39, 0.29) is 12.1 Å². The second kappa shape index (κ2) is 4.73. The zero-order valence-electron chi connectivity index (χ0n) is 8.73. The first-order chi connectivity index (χ1) is 8.16. The van der Waals surface area contributed by atoms with E-state index in [0.29, 0.717) is 0 Å². The summed E-state index contributed by atoms with van der Waals surface area (Å²) in [5, 5.41) is 2.45. The Labute approximate surface area is 95.9 Å². The molecule has 2 rings (SSSR count). The largest absolute Gasteiger partial charge is 0.333 e. The lowest BCUT2D eigenvalue weighted by atomic mass is 10.2. The highest BCUT2D eigenvalue weighted by Gasteiger charge is 2.07. The molecule has 0 fully saturated rings. The van der Waals surface area contributed by atoms with E-state index in [1.165, 1.54) is 23.3 Å². The number of nitrogens with one attached hydrogen (secondary N) is 1. The summed E-state index contributed by atoms with van der Waals surface area (Å²) in [5.74, 6) is -1.10. The smallest absolute Gasteiger partial charge is 0.327 e. The quantitative estimate of drug-likeness (QED) is 0.867. The van der Waals surface area contributed by atoms with Crippen molar-refractivity contribution >= 4 is 6.03 Å². The second-order valence-corrected chi connectivity index (χ2v) is 3.36. The van der Waals surface area contributed by atoms with Crippen molar-refractivity contribution in [2.75, 3.05) is 0 Å². The van der Waals surface area contributed by atoms with Gasteiger partial charge in [0.1, 0.15) is 18.0 Å². The summed E-state index contributed by atoms with van der Waals surface area (Å²) in [7, 11) is 0. The summed E-state index contributed by atoms with van der Waals surface area (Å²) in [6.45, 7) is -0.0827. The topological polar surface area (TPSA) is 46.9 Å². The van der Waals surface area contributed by atoms with E-state index >= 15 is 0 Å². The summed E-state index contributed by atoms with van der Waals surface area (Å²) < 4.78 is 27.3. The molecule has 1 aromatic carbocycles. The maximum atomic E-state index is 13.2. The van der Waals surface area contributed by atoms with Crippen molar-refractivity contribution in [2.45, 2.75) is 6.54 Å². The predicted molar refractivity (Wildman–Crippen MR) is 56.2 cm³/mol. The van der Waals surface area contributed by atoms with Crippen molar-refractivity contribution in [3.63, 3.8) is 0 Å². The van der Waals surface area contributed by atoms with Gasteiger partial charge in [0.05, 0.1) is 0 Å². The van der Waals surface area contributed by atoms with E-state index in [1.54, 1.807) is 0 Å². The summed E-state index contributed by atoms with van der Waals surface area (Å²) in [4.78, 5) is 15.2. The van der Waals surface area contributed by atoms with Gasteiger partial charge in [0.25, 0.3) is 0 Å². The number of carbonyl (C=O) groups is 1. The van der Waals surface area contributed by atoms with E-state index < -0.39 is 17.7 Å². The number of imidazole rings is 1. The van der Waals surface area contributed by atoms with Crippen molar-refractivity contribution < 1.29 is 13.6 Å². The number of carbonyl (C=O) groups excluding carboxylic acids is 1. The van der Waals surface area contributed by atoms with Crippen LogP contribution in [-0.2, 0) is 6.54 Å². The molecule has 4 nitrogen and oxygen atoms in total. The van der Waals surface area contributed by atoms with Crippen LogP contribution in [0.1, 0.15) is 5.56 Å². The molecule has 0 unspecified atom stereocenters. The standard InChI is InChI=1S/C11H9F2N3O/c12-9-1-2-10(13)8(5-9)6-15-11(17)16-4-3-14-7-16/h1-5,7H,6H2,(H,15,17). The number of hydrogen-bond acceptors (Lipinski definition) is 2. The van der Waals surface area contributed by atoms with Gasteiger partial charge in [-0.25, -0.2) is 18.6 Å². The number of hydrogen-bond donors (Lipinski definition) is 1. The molecule has 0 aliphatic heterocycles. The van der Waals surface area contributed by atoms with Gasteiger partial charge in [-0.3, -0.25) is 4.57 Å².